The molecule has 0 spiro atoms. The fourth-order valence-electron chi connectivity index (χ4n) is 3.08. The van der Waals surface area contributed by atoms with Gasteiger partial charge in [0, 0.05) is 12.4 Å². The standard InChI is InChI=1S/C26H28N2O4.Cu/c1-5-31-23-11-7-9-19(25(23)29)15-27-21-13-17(3)18(4)14-22(21)28-16-20-10-8-12-24(26(20)30)32-6-2;/h7-16,29-30H,5-6H2,1-4H3;/q;+2/p-2. The summed E-state index contributed by atoms with van der Waals surface area (Å²) >= 11 is 0. The zero-order valence-electron chi connectivity index (χ0n) is 19.0. The normalized spacial score (nSPS) is 11.0. The number of aryl methyl sites for hydroxylation is 2. The maximum atomic E-state index is 12.5. The van der Waals surface area contributed by atoms with Crippen molar-refractivity contribution in [2.45, 2.75) is 27.7 Å². The first kappa shape index (κ1) is 26.0. The predicted molar refractivity (Wildman–Crippen MR) is 125 cm³/mol. The molecule has 0 amide bonds. The molecule has 0 aromatic heterocycles. The minimum atomic E-state index is -0.212. The molecule has 0 aliphatic carbocycles. The number of hydrogen-bond acceptors (Lipinski definition) is 6. The summed E-state index contributed by atoms with van der Waals surface area (Å²) in [7, 11) is 0. The van der Waals surface area contributed by atoms with Crippen LogP contribution in [0.2, 0.25) is 0 Å². The van der Waals surface area contributed by atoms with E-state index in [0.29, 0.717) is 47.2 Å². The van der Waals surface area contributed by atoms with Crippen LogP contribution in [0.4, 0.5) is 11.4 Å². The summed E-state index contributed by atoms with van der Waals surface area (Å²) in [4.78, 5) is 9.05. The van der Waals surface area contributed by atoms with Crippen molar-refractivity contribution < 1.29 is 36.8 Å². The van der Waals surface area contributed by atoms with Gasteiger partial charge >= 0.3 is 17.1 Å². The molecule has 3 aromatic rings. The third-order valence-corrected chi connectivity index (χ3v) is 4.89. The van der Waals surface area contributed by atoms with Crippen molar-refractivity contribution in [3.8, 4) is 23.0 Å². The van der Waals surface area contributed by atoms with Gasteiger partial charge in [-0.05, 0) is 74.2 Å². The first-order chi connectivity index (χ1) is 15.4. The van der Waals surface area contributed by atoms with E-state index in [1.165, 1.54) is 12.4 Å². The molecule has 3 aromatic carbocycles. The molecule has 6 nitrogen and oxygen atoms in total. The van der Waals surface area contributed by atoms with Gasteiger partial charge in [-0.25, -0.2) is 0 Å². The minimum absolute atomic E-state index is 0. The Morgan fingerprint density at radius 3 is 1.48 bits per heavy atom. The van der Waals surface area contributed by atoms with E-state index in [0.717, 1.165) is 11.1 Å². The fourth-order valence-corrected chi connectivity index (χ4v) is 3.08. The van der Waals surface area contributed by atoms with Crippen molar-refractivity contribution in [1.82, 2.24) is 0 Å². The van der Waals surface area contributed by atoms with Crippen molar-refractivity contribution in [2.75, 3.05) is 13.2 Å². The molecule has 0 aliphatic heterocycles. The molecule has 0 fully saturated rings. The molecular weight excluding hydrogens is 468 g/mol. The molecular formula is C26H26CuN2O4. The SMILES string of the molecule is CCOc1cccc(C=Nc2cc(C)c(C)cc2N=Cc2cccc(OCC)c2[O-])c1[O-].[Cu+2]. The van der Waals surface area contributed by atoms with Gasteiger partial charge in [-0.3, -0.25) is 9.98 Å². The third kappa shape index (κ3) is 6.37. The van der Waals surface area contributed by atoms with Crippen molar-refractivity contribution in [3.63, 3.8) is 0 Å². The zero-order chi connectivity index (χ0) is 23.1. The Morgan fingerprint density at radius 2 is 1.12 bits per heavy atom. The number of aliphatic imine (C=N–C) groups is 2. The second kappa shape index (κ2) is 12.1. The molecule has 3 rings (SSSR count). The first-order valence-electron chi connectivity index (χ1n) is 10.5. The molecule has 0 atom stereocenters. The van der Waals surface area contributed by atoms with E-state index >= 15 is 0 Å². The summed E-state index contributed by atoms with van der Waals surface area (Å²) in [5, 5.41) is 25.1. The van der Waals surface area contributed by atoms with Crippen molar-refractivity contribution in [3.05, 3.63) is 70.8 Å². The van der Waals surface area contributed by atoms with Crippen LogP contribution in [-0.4, -0.2) is 25.6 Å². The van der Waals surface area contributed by atoms with Gasteiger partial charge in [-0.2, -0.15) is 0 Å². The summed E-state index contributed by atoms with van der Waals surface area (Å²) in [6.45, 7) is 8.46. The molecule has 0 bridgehead atoms. The van der Waals surface area contributed by atoms with Crippen LogP contribution in [0.1, 0.15) is 36.1 Å². The number of para-hydroxylation sites is 2. The van der Waals surface area contributed by atoms with Gasteiger partial charge < -0.3 is 19.7 Å². The van der Waals surface area contributed by atoms with Crippen LogP contribution in [0.5, 0.6) is 23.0 Å². The van der Waals surface area contributed by atoms with Crippen LogP contribution in [0.25, 0.3) is 0 Å². The van der Waals surface area contributed by atoms with E-state index in [4.69, 9.17) is 9.47 Å². The summed E-state index contributed by atoms with van der Waals surface area (Å²) < 4.78 is 10.8. The molecule has 1 radical (unpaired) electrons. The number of hydrogen-bond donors (Lipinski definition) is 0. The predicted octanol–water partition coefficient (Wildman–Crippen LogP) is 4.75. The van der Waals surface area contributed by atoms with Gasteiger partial charge in [0.25, 0.3) is 0 Å². The average molecular weight is 494 g/mol. The van der Waals surface area contributed by atoms with E-state index < -0.39 is 0 Å². The fraction of sp³-hybridized carbons (Fsp3) is 0.231. The van der Waals surface area contributed by atoms with Gasteiger partial charge in [-0.15, -0.1) is 0 Å². The first-order valence-corrected chi connectivity index (χ1v) is 10.5. The van der Waals surface area contributed by atoms with E-state index in [1.807, 2.05) is 39.8 Å². The van der Waals surface area contributed by atoms with Gasteiger partial charge in [0.15, 0.2) is 0 Å². The van der Waals surface area contributed by atoms with Gasteiger partial charge in [0.2, 0.25) is 0 Å². The maximum absolute atomic E-state index is 12.5. The Morgan fingerprint density at radius 1 is 0.727 bits per heavy atom. The number of nitrogens with zero attached hydrogens (tertiary/aromatic N) is 2. The monoisotopic (exact) mass is 493 g/mol. The van der Waals surface area contributed by atoms with Gasteiger partial charge in [0.05, 0.1) is 24.6 Å². The largest absolute Gasteiger partial charge is 2.00 e. The van der Waals surface area contributed by atoms with Crippen molar-refractivity contribution in [1.29, 1.82) is 0 Å². The molecule has 0 aliphatic rings. The Hall–Kier alpha value is -3.28. The molecule has 0 unspecified atom stereocenters. The smallest absolute Gasteiger partial charge is 0.870 e. The van der Waals surface area contributed by atoms with Crippen LogP contribution >= 0.6 is 0 Å². The van der Waals surface area contributed by atoms with Crippen LogP contribution in [0.3, 0.4) is 0 Å². The second-order valence-corrected chi connectivity index (χ2v) is 7.16. The second-order valence-electron chi connectivity index (χ2n) is 7.16. The van der Waals surface area contributed by atoms with Crippen LogP contribution in [0, 0.1) is 13.8 Å². The number of rotatable bonds is 8. The molecule has 33 heavy (non-hydrogen) atoms. The Labute approximate surface area is 205 Å². The van der Waals surface area contributed by atoms with Gasteiger partial charge in [0.1, 0.15) is 11.5 Å². The summed E-state index contributed by atoms with van der Waals surface area (Å²) in [5.41, 5.74) is 4.14. The van der Waals surface area contributed by atoms with Crippen LogP contribution < -0.4 is 19.7 Å². The minimum Gasteiger partial charge on any atom is -0.870 e. The van der Waals surface area contributed by atoms with E-state index in [1.54, 1.807) is 36.4 Å². The Balaban J connectivity index is 0.00000385. The summed E-state index contributed by atoms with van der Waals surface area (Å²) in [6.07, 6.45) is 3.03. The summed E-state index contributed by atoms with van der Waals surface area (Å²) in [6, 6.07) is 14.0. The molecule has 0 saturated carbocycles. The maximum Gasteiger partial charge on any atom is 2.00 e. The van der Waals surface area contributed by atoms with E-state index in [9.17, 15) is 10.2 Å². The molecule has 175 valence electrons. The zero-order valence-corrected chi connectivity index (χ0v) is 20.0. The Bertz CT molecular complexity index is 1070. The number of ether oxygens (including phenoxy) is 2. The molecule has 0 heterocycles. The topological polar surface area (TPSA) is 89.3 Å². The third-order valence-electron chi connectivity index (χ3n) is 4.89. The summed E-state index contributed by atoms with van der Waals surface area (Å²) in [5.74, 6) is 0.172. The molecule has 0 saturated heterocycles. The van der Waals surface area contributed by atoms with Gasteiger partial charge in [-0.1, -0.05) is 35.8 Å². The van der Waals surface area contributed by atoms with E-state index in [-0.39, 0.29) is 28.6 Å². The average Bonchev–Trinajstić information content (AvgIpc) is 2.77. The Kier molecular flexibility index (Phi) is 9.52. The van der Waals surface area contributed by atoms with Crippen molar-refractivity contribution in [2.24, 2.45) is 9.98 Å². The molecule has 7 heteroatoms. The van der Waals surface area contributed by atoms with E-state index in [2.05, 4.69) is 9.98 Å². The van der Waals surface area contributed by atoms with Crippen molar-refractivity contribution >= 4 is 23.8 Å². The molecule has 0 N–H and O–H groups in total. The van der Waals surface area contributed by atoms with Crippen LogP contribution in [0.15, 0.2) is 58.5 Å². The quantitative estimate of drug-likeness (QED) is 0.334. The number of benzene rings is 3. The van der Waals surface area contributed by atoms with Crippen LogP contribution in [-0.2, 0) is 17.1 Å².